The van der Waals surface area contributed by atoms with Crippen LogP contribution in [0, 0.1) is 0 Å². The zero-order valence-corrected chi connectivity index (χ0v) is 10.6. The van der Waals surface area contributed by atoms with E-state index in [1.807, 2.05) is 13.0 Å². The molecule has 2 rings (SSSR count). The molecule has 16 heavy (non-hydrogen) atoms. The van der Waals surface area contributed by atoms with Crippen molar-refractivity contribution in [2.75, 3.05) is 13.3 Å². The molecule has 5 heteroatoms. The zero-order chi connectivity index (χ0) is 11.7. The lowest BCUT2D eigenvalue weighted by atomic mass is 9.96. The lowest BCUT2D eigenvalue weighted by Gasteiger charge is -2.14. The van der Waals surface area contributed by atoms with E-state index in [9.17, 15) is 5.11 Å². The molecule has 1 aliphatic rings. The lowest BCUT2D eigenvalue weighted by Crippen LogP contribution is -2.05. The van der Waals surface area contributed by atoms with Crippen LogP contribution in [0.15, 0.2) is 10.5 Å². The number of nitrogens with two attached hydrogens (primary N) is 1. The fourth-order valence-corrected chi connectivity index (χ4v) is 2.33. The van der Waals surface area contributed by atoms with Crippen LogP contribution in [0.1, 0.15) is 24.8 Å². The maximum absolute atomic E-state index is 10.0. The van der Waals surface area contributed by atoms with Gasteiger partial charge in [0.15, 0.2) is 11.5 Å². The van der Waals surface area contributed by atoms with Gasteiger partial charge in [0, 0.05) is 5.56 Å². The minimum Gasteiger partial charge on any atom is -0.506 e. The molecule has 0 fully saturated rings. The smallest absolute Gasteiger partial charge is 0.231 e. The maximum Gasteiger partial charge on any atom is 0.231 e. The molecule has 0 bridgehead atoms. The normalized spacial score (nSPS) is 15.2. The third-order valence-corrected chi connectivity index (χ3v) is 3.48. The van der Waals surface area contributed by atoms with Gasteiger partial charge in [-0.05, 0) is 40.9 Å². The second kappa shape index (κ2) is 4.51. The van der Waals surface area contributed by atoms with Gasteiger partial charge >= 0.3 is 0 Å². The van der Waals surface area contributed by atoms with E-state index in [-0.39, 0.29) is 18.5 Å². The predicted molar refractivity (Wildman–Crippen MR) is 64.0 cm³/mol. The SMILES string of the molecule is CC(CCN)c1cc2c(c(Br)c1O)OCO2. The number of phenolic OH excluding ortho intramolecular Hbond substituents is 1. The van der Waals surface area contributed by atoms with E-state index in [2.05, 4.69) is 15.9 Å². The minimum absolute atomic E-state index is 0.191. The highest BCUT2D eigenvalue weighted by Crippen LogP contribution is 2.48. The third-order valence-electron chi connectivity index (χ3n) is 2.74. The van der Waals surface area contributed by atoms with Crippen LogP contribution in [-0.4, -0.2) is 18.4 Å². The summed E-state index contributed by atoms with van der Waals surface area (Å²) in [5, 5.41) is 10.0. The Balaban J connectivity index is 2.43. The Morgan fingerprint density at radius 3 is 3.00 bits per heavy atom. The molecule has 0 aliphatic carbocycles. The van der Waals surface area contributed by atoms with Gasteiger partial charge in [-0.2, -0.15) is 0 Å². The fraction of sp³-hybridized carbons (Fsp3) is 0.455. The van der Waals surface area contributed by atoms with Crippen LogP contribution in [0.25, 0.3) is 0 Å². The van der Waals surface area contributed by atoms with Crippen molar-refractivity contribution in [3.8, 4) is 17.2 Å². The van der Waals surface area contributed by atoms with Gasteiger partial charge in [0.05, 0.1) is 0 Å². The molecule has 0 saturated heterocycles. The quantitative estimate of drug-likeness (QED) is 0.896. The van der Waals surface area contributed by atoms with E-state index in [0.717, 1.165) is 12.0 Å². The molecule has 88 valence electrons. The number of phenols is 1. The molecular weight excluding hydrogens is 274 g/mol. The minimum atomic E-state index is 0.191. The van der Waals surface area contributed by atoms with E-state index in [4.69, 9.17) is 15.2 Å². The van der Waals surface area contributed by atoms with Gasteiger partial charge in [-0.3, -0.25) is 0 Å². The molecule has 0 aromatic heterocycles. The Hall–Kier alpha value is -0.940. The van der Waals surface area contributed by atoms with Gasteiger partial charge in [0.1, 0.15) is 10.2 Å². The molecule has 0 radical (unpaired) electrons. The number of ether oxygens (including phenoxy) is 2. The summed E-state index contributed by atoms with van der Waals surface area (Å²) < 4.78 is 11.1. The standard InChI is InChI=1S/C11H14BrNO3/c1-6(2-3-13)7-4-8-11(16-5-15-8)9(12)10(7)14/h4,6,14H,2-3,5,13H2,1H3. The Morgan fingerprint density at radius 1 is 1.56 bits per heavy atom. The van der Waals surface area contributed by atoms with Crippen LogP contribution in [0.2, 0.25) is 0 Å². The molecule has 1 unspecified atom stereocenters. The molecule has 0 amide bonds. The molecule has 4 nitrogen and oxygen atoms in total. The molecule has 1 aliphatic heterocycles. The summed E-state index contributed by atoms with van der Waals surface area (Å²) in [6.45, 7) is 2.81. The number of benzene rings is 1. The van der Waals surface area contributed by atoms with Crippen molar-refractivity contribution in [2.45, 2.75) is 19.3 Å². The van der Waals surface area contributed by atoms with Gasteiger partial charge in [0.25, 0.3) is 0 Å². The zero-order valence-electron chi connectivity index (χ0n) is 9.00. The summed E-state index contributed by atoms with van der Waals surface area (Å²) in [6.07, 6.45) is 0.819. The highest BCUT2D eigenvalue weighted by Gasteiger charge is 2.24. The van der Waals surface area contributed by atoms with E-state index in [1.54, 1.807) is 0 Å². The van der Waals surface area contributed by atoms with Crippen molar-refractivity contribution in [3.63, 3.8) is 0 Å². The first kappa shape index (κ1) is 11.5. The van der Waals surface area contributed by atoms with Crippen LogP contribution < -0.4 is 15.2 Å². The lowest BCUT2D eigenvalue weighted by molar-refractivity contribution is 0.173. The third kappa shape index (κ3) is 1.85. The topological polar surface area (TPSA) is 64.7 Å². The average Bonchev–Trinajstić information content (AvgIpc) is 2.71. The highest BCUT2D eigenvalue weighted by molar-refractivity contribution is 9.10. The van der Waals surface area contributed by atoms with E-state index < -0.39 is 0 Å². The van der Waals surface area contributed by atoms with Crippen molar-refractivity contribution in [1.82, 2.24) is 0 Å². The molecule has 1 aromatic rings. The Labute approximate surface area is 102 Å². The second-order valence-electron chi connectivity index (χ2n) is 3.84. The van der Waals surface area contributed by atoms with Crippen LogP contribution in [0.4, 0.5) is 0 Å². The van der Waals surface area contributed by atoms with Crippen LogP contribution >= 0.6 is 15.9 Å². The molecule has 0 spiro atoms. The van der Waals surface area contributed by atoms with Crippen molar-refractivity contribution in [1.29, 1.82) is 0 Å². The van der Waals surface area contributed by atoms with Gasteiger partial charge in [-0.1, -0.05) is 6.92 Å². The van der Waals surface area contributed by atoms with Gasteiger partial charge < -0.3 is 20.3 Å². The van der Waals surface area contributed by atoms with Crippen molar-refractivity contribution < 1.29 is 14.6 Å². The summed E-state index contributed by atoms with van der Waals surface area (Å²) in [4.78, 5) is 0. The molecular formula is C11H14BrNO3. The first-order chi connectivity index (χ1) is 7.65. The van der Waals surface area contributed by atoms with Gasteiger partial charge in [-0.25, -0.2) is 0 Å². The molecule has 1 aromatic carbocycles. The Kier molecular flexibility index (Phi) is 3.25. The molecule has 1 atom stereocenters. The molecule has 1 heterocycles. The molecule has 3 N–H and O–H groups in total. The number of halogens is 1. The van der Waals surface area contributed by atoms with Crippen LogP contribution in [0.3, 0.4) is 0 Å². The first-order valence-electron chi connectivity index (χ1n) is 5.16. The van der Waals surface area contributed by atoms with Crippen LogP contribution in [-0.2, 0) is 0 Å². The largest absolute Gasteiger partial charge is 0.506 e. The first-order valence-corrected chi connectivity index (χ1v) is 5.95. The monoisotopic (exact) mass is 287 g/mol. The van der Waals surface area contributed by atoms with E-state index >= 15 is 0 Å². The number of rotatable bonds is 3. The van der Waals surface area contributed by atoms with Crippen molar-refractivity contribution in [2.24, 2.45) is 5.73 Å². The summed E-state index contributed by atoms with van der Waals surface area (Å²) in [6, 6.07) is 1.82. The predicted octanol–water partition coefficient (Wildman–Crippen LogP) is 2.34. The van der Waals surface area contributed by atoms with E-state index in [1.165, 1.54) is 0 Å². The summed E-state index contributed by atoms with van der Waals surface area (Å²) in [5.74, 6) is 1.64. The fourth-order valence-electron chi connectivity index (χ4n) is 1.79. The second-order valence-corrected chi connectivity index (χ2v) is 4.63. The summed E-state index contributed by atoms with van der Waals surface area (Å²) >= 11 is 3.32. The maximum atomic E-state index is 10.0. The Morgan fingerprint density at radius 2 is 2.31 bits per heavy atom. The van der Waals surface area contributed by atoms with E-state index in [0.29, 0.717) is 22.5 Å². The Bertz CT molecular complexity index is 409. The van der Waals surface area contributed by atoms with Gasteiger partial charge in [-0.15, -0.1) is 0 Å². The van der Waals surface area contributed by atoms with Crippen LogP contribution in [0.5, 0.6) is 17.2 Å². The van der Waals surface area contributed by atoms with Crippen molar-refractivity contribution >= 4 is 15.9 Å². The van der Waals surface area contributed by atoms with Crippen molar-refractivity contribution in [3.05, 3.63) is 16.1 Å². The molecule has 0 saturated carbocycles. The number of fused-ring (bicyclic) bond motifs is 1. The number of aromatic hydroxyl groups is 1. The average molecular weight is 288 g/mol. The number of hydrogen-bond acceptors (Lipinski definition) is 4. The number of hydrogen-bond donors (Lipinski definition) is 2. The van der Waals surface area contributed by atoms with Gasteiger partial charge in [0.2, 0.25) is 6.79 Å². The highest BCUT2D eigenvalue weighted by atomic mass is 79.9. The summed E-state index contributed by atoms with van der Waals surface area (Å²) in [7, 11) is 0. The summed E-state index contributed by atoms with van der Waals surface area (Å²) in [5.41, 5.74) is 6.35.